The highest BCUT2D eigenvalue weighted by molar-refractivity contribution is 6.30. The maximum atomic E-state index is 13.7. The lowest BCUT2D eigenvalue weighted by atomic mass is 10.2. The van der Waals surface area contributed by atoms with Crippen LogP contribution in [0.2, 0.25) is 5.02 Å². The van der Waals surface area contributed by atoms with Crippen LogP contribution in [0.15, 0.2) is 48.5 Å². The van der Waals surface area contributed by atoms with Gasteiger partial charge in [-0.2, -0.15) is 8.78 Å². The minimum Gasteiger partial charge on any atom is -0.449 e. The van der Waals surface area contributed by atoms with Crippen LogP contribution in [0.4, 0.5) is 18.9 Å². The number of anilines is 1. The van der Waals surface area contributed by atoms with E-state index in [9.17, 15) is 22.8 Å². The van der Waals surface area contributed by atoms with Crippen molar-refractivity contribution in [3.8, 4) is 5.75 Å². The molecule has 1 amide bonds. The van der Waals surface area contributed by atoms with Crippen LogP contribution in [0.1, 0.15) is 12.5 Å². The molecule has 9 heteroatoms. The molecule has 0 fully saturated rings. The first-order valence-electron chi connectivity index (χ1n) is 7.94. The molecule has 0 heterocycles. The third-order valence-electron chi connectivity index (χ3n) is 3.37. The highest BCUT2D eigenvalue weighted by atomic mass is 35.5. The van der Waals surface area contributed by atoms with Gasteiger partial charge in [0.25, 0.3) is 5.91 Å². The first-order valence-corrected chi connectivity index (χ1v) is 8.32. The normalized spacial score (nSPS) is 12.1. The van der Waals surface area contributed by atoms with Gasteiger partial charge in [0, 0.05) is 11.1 Å². The van der Waals surface area contributed by atoms with Crippen LogP contribution in [0, 0.1) is 5.82 Å². The number of carbonyl (C=O) groups is 2. The maximum absolute atomic E-state index is 13.7. The highest BCUT2D eigenvalue weighted by Crippen LogP contribution is 2.19. The Bertz CT molecular complexity index is 872. The van der Waals surface area contributed by atoms with E-state index in [1.165, 1.54) is 49.4 Å². The number of nitrogens with one attached hydrogen (secondary N) is 1. The quantitative estimate of drug-likeness (QED) is 0.529. The molecule has 1 atom stereocenters. The fraction of sp³-hybridized carbons (Fsp3) is 0.158. The molecule has 0 bridgehead atoms. The van der Waals surface area contributed by atoms with Crippen LogP contribution in [-0.2, 0) is 14.3 Å². The largest absolute Gasteiger partial charge is 0.449 e. The van der Waals surface area contributed by atoms with E-state index in [0.29, 0.717) is 5.56 Å². The van der Waals surface area contributed by atoms with Crippen molar-refractivity contribution in [3.63, 3.8) is 0 Å². The van der Waals surface area contributed by atoms with Crippen molar-refractivity contribution in [2.24, 2.45) is 0 Å². The van der Waals surface area contributed by atoms with Crippen molar-refractivity contribution in [2.75, 3.05) is 5.32 Å². The van der Waals surface area contributed by atoms with Crippen LogP contribution >= 0.6 is 11.6 Å². The Morgan fingerprint density at radius 3 is 2.43 bits per heavy atom. The lowest BCUT2D eigenvalue weighted by molar-refractivity contribution is -0.148. The summed E-state index contributed by atoms with van der Waals surface area (Å²) < 4.78 is 47.0. The van der Waals surface area contributed by atoms with Crippen molar-refractivity contribution in [1.82, 2.24) is 0 Å². The van der Waals surface area contributed by atoms with Gasteiger partial charge in [0.05, 0.1) is 5.69 Å². The van der Waals surface area contributed by atoms with Gasteiger partial charge in [0.15, 0.2) is 6.10 Å². The predicted molar refractivity (Wildman–Crippen MR) is 97.7 cm³/mol. The standard InChI is InChI=1S/C19H15ClF3NO4/c1-11(18(26)24-16-8-5-13(20)10-15(16)21)27-17(25)9-4-12-2-6-14(7-3-12)28-19(22)23/h2-11,19H,1H3,(H,24,26)/b9-4+/t11-/m1/s1. The zero-order chi connectivity index (χ0) is 20.7. The average Bonchev–Trinajstić information content (AvgIpc) is 2.63. The van der Waals surface area contributed by atoms with Crippen molar-refractivity contribution in [2.45, 2.75) is 19.6 Å². The second kappa shape index (κ2) is 9.80. The summed E-state index contributed by atoms with van der Waals surface area (Å²) in [5, 5.41) is 2.46. The summed E-state index contributed by atoms with van der Waals surface area (Å²) in [7, 11) is 0. The summed E-state index contributed by atoms with van der Waals surface area (Å²) in [6.45, 7) is -1.60. The molecule has 5 nitrogen and oxygen atoms in total. The predicted octanol–water partition coefficient (Wildman–Crippen LogP) is 4.66. The van der Waals surface area contributed by atoms with Crippen molar-refractivity contribution in [1.29, 1.82) is 0 Å². The minimum absolute atomic E-state index is 0.0190. The van der Waals surface area contributed by atoms with Gasteiger partial charge in [0.2, 0.25) is 0 Å². The Kier molecular flexibility index (Phi) is 7.45. The third-order valence-corrected chi connectivity index (χ3v) is 3.60. The molecule has 0 aliphatic rings. The summed E-state index contributed by atoms with van der Waals surface area (Å²) >= 11 is 5.63. The number of benzene rings is 2. The summed E-state index contributed by atoms with van der Waals surface area (Å²) in [5.74, 6) is -2.28. The SMILES string of the molecule is C[C@@H](OC(=O)/C=C/c1ccc(OC(F)F)cc1)C(=O)Nc1ccc(Cl)cc1F. The number of halogens is 4. The number of hydrogen-bond acceptors (Lipinski definition) is 4. The third kappa shape index (κ3) is 6.62. The summed E-state index contributed by atoms with van der Waals surface area (Å²) in [4.78, 5) is 23.8. The number of carbonyl (C=O) groups excluding carboxylic acids is 2. The number of alkyl halides is 2. The monoisotopic (exact) mass is 413 g/mol. The van der Waals surface area contributed by atoms with Gasteiger partial charge >= 0.3 is 12.6 Å². The molecule has 0 saturated carbocycles. The molecule has 2 aromatic rings. The van der Waals surface area contributed by atoms with Crippen LogP contribution in [-0.4, -0.2) is 24.6 Å². The van der Waals surface area contributed by atoms with Gasteiger partial charge in [-0.15, -0.1) is 0 Å². The van der Waals surface area contributed by atoms with Crippen molar-refractivity contribution < 1.29 is 32.2 Å². The molecule has 2 aromatic carbocycles. The molecule has 148 valence electrons. The first kappa shape index (κ1) is 21.3. The molecular formula is C19H15ClF3NO4. The van der Waals surface area contributed by atoms with Crippen LogP contribution in [0.5, 0.6) is 5.75 Å². The molecule has 28 heavy (non-hydrogen) atoms. The minimum atomic E-state index is -2.93. The number of amides is 1. The Morgan fingerprint density at radius 2 is 1.82 bits per heavy atom. The second-order valence-corrected chi connectivity index (χ2v) is 5.91. The smallest absolute Gasteiger partial charge is 0.387 e. The zero-order valence-electron chi connectivity index (χ0n) is 14.5. The Hall–Kier alpha value is -3.00. The van der Waals surface area contributed by atoms with Crippen LogP contribution in [0.25, 0.3) is 6.08 Å². The molecular weight excluding hydrogens is 399 g/mol. The molecule has 0 unspecified atom stereocenters. The Labute approximate surface area is 163 Å². The Balaban J connectivity index is 1.88. The van der Waals surface area contributed by atoms with Gasteiger partial charge in [0.1, 0.15) is 11.6 Å². The summed E-state index contributed by atoms with van der Waals surface area (Å²) in [6.07, 6.45) is 1.25. The Morgan fingerprint density at radius 1 is 1.14 bits per heavy atom. The molecule has 0 aliphatic carbocycles. The van der Waals surface area contributed by atoms with Gasteiger partial charge < -0.3 is 14.8 Å². The van der Waals surface area contributed by atoms with Gasteiger partial charge in [-0.1, -0.05) is 23.7 Å². The fourth-order valence-electron chi connectivity index (χ4n) is 2.02. The van der Waals surface area contributed by atoms with E-state index in [-0.39, 0.29) is 16.5 Å². The van der Waals surface area contributed by atoms with Gasteiger partial charge in [-0.3, -0.25) is 4.79 Å². The zero-order valence-corrected chi connectivity index (χ0v) is 15.3. The van der Waals surface area contributed by atoms with E-state index in [4.69, 9.17) is 16.3 Å². The summed E-state index contributed by atoms with van der Waals surface area (Å²) in [5.41, 5.74) is 0.429. The second-order valence-electron chi connectivity index (χ2n) is 5.47. The maximum Gasteiger partial charge on any atom is 0.387 e. The van der Waals surface area contributed by atoms with E-state index in [1.807, 2.05) is 0 Å². The molecule has 0 saturated heterocycles. The van der Waals surface area contributed by atoms with Crippen LogP contribution < -0.4 is 10.1 Å². The number of esters is 1. The number of rotatable bonds is 7. The molecule has 0 aromatic heterocycles. The van der Waals surface area contributed by atoms with E-state index in [2.05, 4.69) is 10.1 Å². The van der Waals surface area contributed by atoms with E-state index < -0.39 is 30.4 Å². The lowest BCUT2D eigenvalue weighted by Crippen LogP contribution is -2.29. The van der Waals surface area contributed by atoms with Gasteiger partial charge in [-0.05, 0) is 48.9 Å². The average molecular weight is 414 g/mol. The molecule has 0 spiro atoms. The molecule has 2 rings (SSSR count). The topological polar surface area (TPSA) is 64.6 Å². The van der Waals surface area contributed by atoms with Crippen molar-refractivity contribution >= 4 is 35.2 Å². The van der Waals surface area contributed by atoms with Crippen molar-refractivity contribution in [3.05, 3.63) is 64.9 Å². The fourth-order valence-corrected chi connectivity index (χ4v) is 2.18. The number of ether oxygens (including phenoxy) is 2. The first-order chi connectivity index (χ1) is 13.2. The highest BCUT2D eigenvalue weighted by Gasteiger charge is 2.18. The molecule has 0 aliphatic heterocycles. The molecule has 0 radical (unpaired) electrons. The summed E-state index contributed by atoms with van der Waals surface area (Å²) in [6, 6.07) is 9.26. The van der Waals surface area contributed by atoms with E-state index >= 15 is 0 Å². The van der Waals surface area contributed by atoms with Gasteiger partial charge in [-0.25, -0.2) is 9.18 Å². The van der Waals surface area contributed by atoms with E-state index in [0.717, 1.165) is 12.1 Å². The number of hydrogen-bond donors (Lipinski definition) is 1. The lowest BCUT2D eigenvalue weighted by Gasteiger charge is -2.13. The van der Waals surface area contributed by atoms with Crippen LogP contribution in [0.3, 0.4) is 0 Å². The van der Waals surface area contributed by atoms with E-state index in [1.54, 1.807) is 0 Å². The molecule has 1 N–H and O–H groups in total.